The van der Waals surface area contributed by atoms with E-state index in [1.54, 1.807) is 12.4 Å². The minimum absolute atomic E-state index is 0.0840. The van der Waals surface area contributed by atoms with Crippen LogP contribution in [0.2, 0.25) is 0 Å². The van der Waals surface area contributed by atoms with Crippen LogP contribution in [-0.4, -0.2) is 51.2 Å². The van der Waals surface area contributed by atoms with E-state index in [9.17, 15) is 0 Å². The van der Waals surface area contributed by atoms with Crippen LogP contribution < -0.4 is 10.6 Å². The fourth-order valence-electron chi connectivity index (χ4n) is 3.28. The van der Waals surface area contributed by atoms with Crippen molar-refractivity contribution in [3.8, 4) is 22.8 Å². The molecule has 3 aromatic heterocycles. The molecule has 0 saturated carbocycles. The molecule has 2 N–H and O–H groups in total. The molecule has 139 valence electrons. The molecule has 4 heterocycles. The minimum atomic E-state index is 0.0840. The fraction of sp³-hybridized carbons (Fsp3) is 0.200. The molecule has 0 aliphatic carbocycles. The summed E-state index contributed by atoms with van der Waals surface area (Å²) >= 11 is 0. The number of imidazole rings is 1. The molecule has 28 heavy (non-hydrogen) atoms. The van der Waals surface area contributed by atoms with Gasteiger partial charge in [-0.3, -0.25) is 5.73 Å². The molecular formula is C20H18N7O. The Balaban J connectivity index is 1.48. The van der Waals surface area contributed by atoms with Crippen LogP contribution in [0.4, 0.5) is 11.6 Å². The Morgan fingerprint density at radius 1 is 0.964 bits per heavy atom. The third-order valence-electron chi connectivity index (χ3n) is 4.76. The van der Waals surface area contributed by atoms with Crippen molar-refractivity contribution in [1.82, 2.24) is 30.7 Å². The second kappa shape index (κ2) is 6.90. The van der Waals surface area contributed by atoms with Gasteiger partial charge < -0.3 is 14.6 Å². The Labute approximate surface area is 161 Å². The van der Waals surface area contributed by atoms with E-state index in [-0.39, 0.29) is 5.82 Å². The molecule has 0 amide bonds. The van der Waals surface area contributed by atoms with Crippen molar-refractivity contribution in [2.45, 2.75) is 0 Å². The van der Waals surface area contributed by atoms with Gasteiger partial charge in [0.2, 0.25) is 0 Å². The van der Waals surface area contributed by atoms with E-state index in [0.29, 0.717) is 17.2 Å². The molecule has 8 heteroatoms. The Morgan fingerprint density at radius 3 is 2.61 bits per heavy atom. The zero-order valence-electron chi connectivity index (χ0n) is 15.1. The number of para-hydroxylation sites is 2. The molecule has 1 fully saturated rings. The number of fused-ring (bicyclic) bond motifs is 1. The number of ether oxygens (including phenoxy) is 1. The summed E-state index contributed by atoms with van der Waals surface area (Å²) in [6, 6.07) is 11.7. The van der Waals surface area contributed by atoms with Gasteiger partial charge in [0.1, 0.15) is 5.82 Å². The van der Waals surface area contributed by atoms with Gasteiger partial charge in [0.25, 0.3) is 0 Å². The summed E-state index contributed by atoms with van der Waals surface area (Å²) in [7, 11) is 0. The molecule has 0 spiro atoms. The highest BCUT2D eigenvalue weighted by molar-refractivity contribution is 5.80. The lowest BCUT2D eigenvalue weighted by atomic mass is 10.2. The SMILES string of the molecule is [NH]c1ncc(-c2ccc(N3CCOCC3)nc2)nc1-c1nc2ccccc2[nH]1. The second-order valence-electron chi connectivity index (χ2n) is 6.56. The van der Waals surface area contributed by atoms with Crippen molar-refractivity contribution in [3.63, 3.8) is 0 Å². The molecule has 4 aromatic rings. The maximum absolute atomic E-state index is 8.14. The first-order valence-corrected chi connectivity index (χ1v) is 9.11. The number of hydrogen-bond acceptors (Lipinski definition) is 6. The zero-order valence-corrected chi connectivity index (χ0v) is 15.1. The van der Waals surface area contributed by atoms with Crippen LogP contribution in [0.5, 0.6) is 0 Å². The predicted molar refractivity (Wildman–Crippen MR) is 106 cm³/mol. The van der Waals surface area contributed by atoms with Gasteiger partial charge in [-0.1, -0.05) is 12.1 Å². The number of hydrogen-bond donors (Lipinski definition) is 1. The van der Waals surface area contributed by atoms with Gasteiger partial charge in [0.15, 0.2) is 17.3 Å². The smallest absolute Gasteiger partial charge is 0.174 e. The average molecular weight is 372 g/mol. The van der Waals surface area contributed by atoms with Gasteiger partial charge in [0, 0.05) is 24.8 Å². The summed E-state index contributed by atoms with van der Waals surface area (Å²) in [4.78, 5) is 23.4. The average Bonchev–Trinajstić information content (AvgIpc) is 3.19. The molecule has 1 aliphatic heterocycles. The van der Waals surface area contributed by atoms with E-state index >= 15 is 0 Å². The summed E-state index contributed by atoms with van der Waals surface area (Å²) in [6.45, 7) is 3.13. The van der Waals surface area contributed by atoms with E-state index in [1.807, 2.05) is 36.4 Å². The normalized spacial score (nSPS) is 14.5. The third kappa shape index (κ3) is 3.03. The molecule has 1 aliphatic rings. The van der Waals surface area contributed by atoms with Crippen LogP contribution in [0, 0.1) is 0 Å². The highest BCUT2D eigenvalue weighted by Crippen LogP contribution is 2.27. The number of benzene rings is 1. The van der Waals surface area contributed by atoms with Crippen LogP contribution in [0.1, 0.15) is 0 Å². The Kier molecular flexibility index (Phi) is 4.10. The van der Waals surface area contributed by atoms with Crippen molar-refractivity contribution in [1.29, 1.82) is 0 Å². The lowest BCUT2D eigenvalue weighted by Crippen LogP contribution is -2.36. The van der Waals surface area contributed by atoms with Gasteiger partial charge in [-0.05, 0) is 24.3 Å². The maximum Gasteiger partial charge on any atom is 0.174 e. The highest BCUT2D eigenvalue weighted by Gasteiger charge is 2.15. The van der Waals surface area contributed by atoms with Crippen LogP contribution in [0.3, 0.4) is 0 Å². The third-order valence-corrected chi connectivity index (χ3v) is 4.76. The molecule has 0 bridgehead atoms. The van der Waals surface area contributed by atoms with Gasteiger partial charge >= 0.3 is 0 Å². The maximum atomic E-state index is 8.14. The van der Waals surface area contributed by atoms with Crippen LogP contribution in [0.25, 0.3) is 33.8 Å². The standard InChI is InChI=1S/C20H18N7O/c21-19-18(20-25-14-3-1-2-4-15(14)26-20)24-16(12-23-19)13-5-6-17(22-11-13)27-7-9-28-10-8-27/h1-6,11-12,21H,7-10H2,(H,25,26). The summed E-state index contributed by atoms with van der Waals surface area (Å²) in [5.74, 6) is 1.55. The quantitative estimate of drug-likeness (QED) is 0.593. The first-order valence-electron chi connectivity index (χ1n) is 9.11. The van der Waals surface area contributed by atoms with Crippen molar-refractivity contribution in [2.75, 3.05) is 31.2 Å². The number of pyridine rings is 1. The highest BCUT2D eigenvalue weighted by atomic mass is 16.5. The van der Waals surface area contributed by atoms with Crippen molar-refractivity contribution >= 4 is 22.7 Å². The van der Waals surface area contributed by atoms with Crippen LogP contribution >= 0.6 is 0 Å². The largest absolute Gasteiger partial charge is 0.378 e. The van der Waals surface area contributed by atoms with E-state index in [1.165, 1.54) is 0 Å². The lowest BCUT2D eigenvalue weighted by molar-refractivity contribution is 0.122. The van der Waals surface area contributed by atoms with E-state index < -0.39 is 0 Å². The van der Waals surface area contributed by atoms with Crippen molar-refractivity contribution in [2.24, 2.45) is 0 Å². The number of morpholine rings is 1. The summed E-state index contributed by atoms with van der Waals surface area (Å²) in [6.07, 6.45) is 3.39. The molecule has 1 saturated heterocycles. The monoisotopic (exact) mass is 372 g/mol. The van der Waals surface area contributed by atoms with Gasteiger partial charge in [-0.2, -0.15) is 0 Å². The number of H-pyrrole nitrogens is 1. The summed E-state index contributed by atoms with van der Waals surface area (Å²) < 4.78 is 5.39. The van der Waals surface area contributed by atoms with Crippen LogP contribution in [-0.2, 0) is 4.74 Å². The topological polar surface area (TPSA) is 104 Å². The number of aromatic amines is 1. The number of nitrogens with one attached hydrogen (secondary N) is 2. The number of rotatable bonds is 3. The first kappa shape index (κ1) is 16.6. The molecular weight excluding hydrogens is 354 g/mol. The van der Waals surface area contributed by atoms with Crippen molar-refractivity contribution in [3.05, 3.63) is 48.8 Å². The zero-order chi connectivity index (χ0) is 18.9. The number of aromatic nitrogens is 5. The first-order chi connectivity index (χ1) is 13.8. The Morgan fingerprint density at radius 2 is 1.82 bits per heavy atom. The van der Waals surface area contributed by atoms with Gasteiger partial charge in [-0.25, -0.2) is 19.9 Å². The fourth-order valence-corrected chi connectivity index (χ4v) is 3.28. The van der Waals surface area contributed by atoms with Crippen molar-refractivity contribution < 1.29 is 4.74 Å². The number of nitrogens with zero attached hydrogens (tertiary/aromatic N) is 5. The van der Waals surface area contributed by atoms with Gasteiger partial charge in [0.05, 0.1) is 36.1 Å². The second-order valence-corrected chi connectivity index (χ2v) is 6.56. The van der Waals surface area contributed by atoms with Gasteiger partial charge in [-0.15, -0.1) is 0 Å². The Hall–Kier alpha value is -3.52. The molecule has 5 rings (SSSR count). The molecule has 0 unspecified atom stereocenters. The van der Waals surface area contributed by atoms with Crippen LogP contribution in [0.15, 0.2) is 48.8 Å². The van der Waals surface area contributed by atoms with E-state index in [4.69, 9.17) is 10.5 Å². The van der Waals surface area contributed by atoms with E-state index in [0.717, 1.165) is 48.7 Å². The Bertz CT molecular complexity index is 1080. The summed E-state index contributed by atoms with van der Waals surface area (Å²) in [5, 5.41) is 0. The molecule has 0 atom stereocenters. The summed E-state index contributed by atoms with van der Waals surface area (Å²) in [5.41, 5.74) is 11.8. The predicted octanol–water partition coefficient (Wildman–Crippen LogP) is 2.83. The molecule has 8 nitrogen and oxygen atoms in total. The number of anilines is 1. The minimum Gasteiger partial charge on any atom is -0.378 e. The van der Waals surface area contributed by atoms with E-state index in [2.05, 4.69) is 29.8 Å². The molecule has 1 aromatic carbocycles. The molecule has 1 radical (unpaired) electrons. The lowest BCUT2D eigenvalue weighted by Gasteiger charge is -2.27.